The molecule has 2 unspecified atom stereocenters. The van der Waals surface area contributed by atoms with E-state index in [1.54, 1.807) is 17.2 Å². The van der Waals surface area contributed by atoms with Crippen molar-refractivity contribution < 1.29 is 14.3 Å². The quantitative estimate of drug-likeness (QED) is 0.722. The molecule has 1 amide bonds. The summed E-state index contributed by atoms with van der Waals surface area (Å²) in [7, 11) is 0. The molecule has 2 atom stereocenters. The third-order valence-electron chi connectivity index (χ3n) is 6.29. The van der Waals surface area contributed by atoms with Crippen molar-refractivity contribution in [2.75, 3.05) is 63.9 Å². The molecule has 0 N–H and O–H groups in total. The molecule has 3 saturated heterocycles. The maximum Gasteiger partial charge on any atom is 0.255 e. The van der Waals surface area contributed by atoms with Crippen molar-refractivity contribution in [2.45, 2.75) is 38.9 Å². The Labute approximate surface area is 184 Å². The fraction of sp³-hybridized carbons (Fsp3) is 0.727. The van der Waals surface area contributed by atoms with Gasteiger partial charge < -0.3 is 19.3 Å². The normalized spacial score (nSPS) is 26.8. The monoisotopic (exact) mass is 436 g/mol. The predicted octanol–water partition coefficient (Wildman–Crippen LogP) is 2.53. The highest BCUT2D eigenvalue weighted by atomic mass is 35.5. The first-order chi connectivity index (χ1) is 14.5. The highest BCUT2D eigenvalue weighted by Gasteiger charge is 2.28. The second kappa shape index (κ2) is 9.81. The van der Waals surface area contributed by atoms with Gasteiger partial charge in [0.25, 0.3) is 5.91 Å². The third kappa shape index (κ3) is 5.25. The Balaban J connectivity index is 1.31. The average Bonchev–Trinajstić information content (AvgIpc) is 2.74. The molecule has 7 nitrogen and oxygen atoms in total. The zero-order chi connectivity index (χ0) is 21.1. The molecule has 8 heteroatoms. The van der Waals surface area contributed by atoms with Gasteiger partial charge in [-0.05, 0) is 38.7 Å². The first kappa shape index (κ1) is 21.8. The molecule has 3 aliphatic heterocycles. The largest absolute Gasteiger partial charge is 0.378 e. The summed E-state index contributed by atoms with van der Waals surface area (Å²) in [6.45, 7) is 11.8. The highest BCUT2D eigenvalue weighted by molar-refractivity contribution is 6.33. The lowest BCUT2D eigenvalue weighted by Crippen LogP contribution is -2.48. The average molecular weight is 437 g/mol. The minimum absolute atomic E-state index is 0.0214. The van der Waals surface area contributed by atoms with Crippen LogP contribution in [0.1, 0.15) is 37.0 Å². The number of ether oxygens (including phenoxy) is 2. The number of hydrogen-bond donors (Lipinski definition) is 0. The summed E-state index contributed by atoms with van der Waals surface area (Å²) in [5, 5.41) is 0.559. The van der Waals surface area contributed by atoms with Crippen LogP contribution in [0.15, 0.2) is 12.3 Å². The number of pyridine rings is 1. The maximum absolute atomic E-state index is 12.7. The maximum atomic E-state index is 12.7. The summed E-state index contributed by atoms with van der Waals surface area (Å²) in [6, 6.07) is 1.77. The van der Waals surface area contributed by atoms with Crippen molar-refractivity contribution >= 4 is 23.3 Å². The van der Waals surface area contributed by atoms with E-state index in [1.165, 1.54) is 0 Å². The van der Waals surface area contributed by atoms with Crippen molar-refractivity contribution in [2.24, 2.45) is 5.92 Å². The standard InChI is InChI=1S/C22H33ClN4O3/c1-16-13-25(14-17(2)30-16)15-18-3-5-26(6-4-18)21-20(23)11-19(12-24-21)22(28)27-7-9-29-10-8-27/h11-12,16-18H,3-10,13-15H2,1-2H3. The molecule has 4 heterocycles. The molecule has 0 saturated carbocycles. The molecule has 4 rings (SSSR count). The highest BCUT2D eigenvalue weighted by Crippen LogP contribution is 2.29. The predicted molar refractivity (Wildman–Crippen MR) is 117 cm³/mol. The van der Waals surface area contributed by atoms with Crippen molar-refractivity contribution in [3.8, 4) is 0 Å². The molecular weight excluding hydrogens is 404 g/mol. The fourth-order valence-electron chi connectivity index (χ4n) is 4.86. The first-order valence-corrected chi connectivity index (χ1v) is 11.5. The van der Waals surface area contributed by atoms with E-state index in [0.29, 0.717) is 55.0 Å². The van der Waals surface area contributed by atoms with Gasteiger partial charge in [-0.3, -0.25) is 9.69 Å². The smallest absolute Gasteiger partial charge is 0.255 e. The van der Waals surface area contributed by atoms with Crippen LogP contribution in [-0.4, -0.2) is 91.9 Å². The molecule has 3 fully saturated rings. The van der Waals surface area contributed by atoms with E-state index in [9.17, 15) is 4.79 Å². The van der Waals surface area contributed by atoms with Gasteiger partial charge in [0.1, 0.15) is 5.82 Å². The minimum atomic E-state index is -0.0214. The van der Waals surface area contributed by atoms with E-state index in [4.69, 9.17) is 21.1 Å². The van der Waals surface area contributed by atoms with Gasteiger partial charge in [-0.2, -0.15) is 0 Å². The van der Waals surface area contributed by atoms with Crippen LogP contribution in [-0.2, 0) is 9.47 Å². The van der Waals surface area contributed by atoms with E-state index in [-0.39, 0.29) is 5.91 Å². The van der Waals surface area contributed by atoms with Gasteiger partial charge in [0.2, 0.25) is 0 Å². The first-order valence-electron chi connectivity index (χ1n) is 11.1. The zero-order valence-corrected chi connectivity index (χ0v) is 18.8. The van der Waals surface area contributed by atoms with Crippen molar-refractivity contribution in [3.05, 3.63) is 22.8 Å². The number of morpholine rings is 2. The molecule has 0 bridgehead atoms. The Kier molecular flexibility index (Phi) is 7.13. The lowest BCUT2D eigenvalue weighted by atomic mass is 9.95. The number of carbonyl (C=O) groups excluding carboxylic acids is 1. The molecule has 0 radical (unpaired) electrons. The van der Waals surface area contributed by atoms with Gasteiger partial charge in [-0.15, -0.1) is 0 Å². The molecule has 0 aromatic carbocycles. The van der Waals surface area contributed by atoms with Crippen LogP contribution in [0.3, 0.4) is 0 Å². The number of nitrogens with zero attached hydrogens (tertiary/aromatic N) is 4. The molecular formula is C22H33ClN4O3. The molecule has 1 aromatic heterocycles. The number of rotatable bonds is 4. The van der Waals surface area contributed by atoms with Crippen LogP contribution >= 0.6 is 11.6 Å². The Morgan fingerprint density at radius 2 is 1.80 bits per heavy atom. The van der Waals surface area contributed by atoms with Gasteiger partial charge in [0.05, 0.1) is 36.0 Å². The second-order valence-corrected chi connectivity index (χ2v) is 9.25. The van der Waals surface area contributed by atoms with Crippen LogP contribution in [0.25, 0.3) is 0 Å². The number of carbonyl (C=O) groups is 1. The van der Waals surface area contributed by atoms with Crippen LogP contribution < -0.4 is 4.90 Å². The van der Waals surface area contributed by atoms with E-state index < -0.39 is 0 Å². The molecule has 3 aliphatic rings. The Bertz CT molecular complexity index is 725. The van der Waals surface area contributed by atoms with E-state index in [1.807, 2.05) is 0 Å². The fourth-order valence-corrected chi connectivity index (χ4v) is 5.14. The molecule has 30 heavy (non-hydrogen) atoms. The van der Waals surface area contributed by atoms with Crippen LogP contribution in [0.4, 0.5) is 5.82 Å². The topological polar surface area (TPSA) is 58.1 Å². The summed E-state index contributed by atoms with van der Waals surface area (Å²) >= 11 is 6.55. The van der Waals surface area contributed by atoms with Crippen molar-refractivity contribution in [3.63, 3.8) is 0 Å². The summed E-state index contributed by atoms with van der Waals surface area (Å²) in [5.41, 5.74) is 0.552. The van der Waals surface area contributed by atoms with Crippen LogP contribution in [0.5, 0.6) is 0 Å². The summed E-state index contributed by atoms with van der Waals surface area (Å²) in [5.74, 6) is 1.47. The Morgan fingerprint density at radius 1 is 1.13 bits per heavy atom. The van der Waals surface area contributed by atoms with Gasteiger partial charge in [-0.1, -0.05) is 11.6 Å². The number of piperidine rings is 1. The minimum Gasteiger partial charge on any atom is -0.378 e. The molecule has 166 valence electrons. The van der Waals surface area contributed by atoms with Crippen LogP contribution in [0.2, 0.25) is 5.02 Å². The SMILES string of the molecule is CC1CN(CC2CCN(c3ncc(C(=O)N4CCOCC4)cc3Cl)CC2)CC(C)O1. The molecule has 1 aromatic rings. The summed E-state index contributed by atoms with van der Waals surface area (Å²) in [6.07, 6.45) is 4.56. The Hall–Kier alpha value is -1.41. The van der Waals surface area contributed by atoms with E-state index >= 15 is 0 Å². The lowest BCUT2D eigenvalue weighted by Gasteiger charge is -2.39. The lowest BCUT2D eigenvalue weighted by molar-refractivity contribution is -0.0720. The summed E-state index contributed by atoms with van der Waals surface area (Å²) < 4.78 is 11.2. The van der Waals surface area contributed by atoms with Gasteiger partial charge in [0, 0.05) is 52.0 Å². The third-order valence-corrected chi connectivity index (χ3v) is 6.57. The number of anilines is 1. The number of amides is 1. The number of halogens is 1. The molecule has 0 aliphatic carbocycles. The zero-order valence-electron chi connectivity index (χ0n) is 18.1. The van der Waals surface area contributed by atoms with Gasteiger partial charge in [-0.25, -0.2) is 4.98 Å². The van der Waals surface area contributed by atoms with E-state index in [0.717, 1.165) is 51.4 Å². The van der Waals surface area contributed by atoms with E-state index in [2.05, 4.69) is 28.6 Å². The van der Waals surface area contributed by atoms with Crippen molar-refractivity contribution in [1.29, 1.82) is 0 Å². The number of hydrogen-bond acceptors (Lipinski definition) is 6. The van der Waals surface area contributed by atoms with Crippen LogP contribution in [0, 0.1) is 5.92 Å². The Morgan fingerprint density at radius 3 is 2.43 bits per heavy atom. The second-order valence-electron chi connectivity index (χ2n) is 8.84. The molecule has 0 spiro atoms. The van der Waals surface area contributed by atoms with Gasteiger partial charge in [0.15, 0.2) is 0 Å². The number of aromatic nitrogens is 1. The summed E-state index contributed by atoms with van der Waals surface area (Å²) in [4.78, 5) is 23.8. The van der Waals surface area contributed by atoms with Crippen molar-refractivity contribution in [1.82, 2.24) is 14.8 Å². The van der Waals surface area contributed by atoms with Gasteiger partial charge >= 0.3 is 0 Å².